The molecule has 2 aliphatic rings. The molecule has 1 atom stereocenters. The van der Waals surface area contributed by atoms with Crippen LogP contribution in [0.2, 0.25) is 0 Å². The van der Waals surface area contributed by atoms with Gasteiger partial charge in [0, 0.05) is 17.5 Å². The molecule has 1 aromatic rings. The molecule has 118 valence electrons. The zero-order chi connectivity index (χ0) is 15.7. The first-order valence-corrected chi connectivity index (χ1v) is 8.79. The molecule has 1 fully saturated rings. The first-order chi connectivity index (χ1) is 10.6. The molecule has 22 heavy (non-hydrogen) atoms. The van der Waals surface area contributed by atoms with Crippen LogP contribution in [0, 0.1) is 0 Å². The summed E-state index contributed by atoms with van der Waals surface area (Å²) in [5.41, 5.74) is 0.908. The standard InChI is InChI=1S/C17H22N2O2S/c1-3-19-13-10-6-7-11-14(13)22-17(2,16(19)21)15(20)18-12-8-4-5-9-12/h6-7,10-12H,3-5,8-9H2,1-2H3,(H,18,20). The predicted octanol–water partition coefficient (Wildman–Crippen LogP) is 2.96. The number of carbonyl (C=O) groups is 2. The lowest BCUT2D eigenvalue weighted by molar-refractivity contribution is -0.131. The number of anilines is 1. The molecule has 1 unspecified atom stereocenters. The van der Waals surface area contributed by atoms with E-state index in [9.17, 15) is 9.59 Å². The molecule has 1 saturated carbocycles. The van der Waals surface area contributed by atoms with Gasteiger partial charge in [-0.15, -0.1) is 0 Å². The number of hydrogen-bond acceptors (Lipinski definition) is 3. The maximum absolute atomic E-state index is 12.9. The second kappa shape index (κ2) is 5.95. The van der Waals surface area contributed by atoms with Gasteiger partial charge in [0.15, 0.2) is 4.75 Å². The molecule has 2 amide bonds. The van der Waals surface area contributed by atoms with Gasteiger partial charge in [0.2, 0.25) is 5.91 Å². The number of carbonyl (C=O) groups excluding carboxylic acids is 2. The highest BCUT2D eigenvalue weighted by molar-refractivity contribution is 8.02. The largest absolute Gasteiger partial charge is 0.352 e. The van der Waals surface area contributed by atoms with Crippen LogP contribution in [0.25, 0.3) is 0 Å². The SMILES string of the molecule is CCN1C(=O)C(C)(C(=O)NC2CCCC2)Sc2ccccc21. The van der Waals surface area contributed by atoms with Gasteiger partial charge in [-0.25, -0.2) is 0 Å². The third kappa shape index (κ3) is 2.51. The Morgan fingerprint density at radius 1 is 1.36 bits per heavy atom. The average Bonchev–Trinajstić information content (AvgIpc) is 3.01. The minimum Gasteiger partial charge on any atom is -0.352 e. The number of thioether (sulfide) groups is 1. The summed E-state index contributed by atoms with van der Waals surface area (Å²) >= 11 is 1.37. The molecule has 5 heteroatoms. The quantitative estimate of drug-likeness (QED) is 0.872. The summed E-state index contributed by atoms with van der Waals surface area (Å²) in [6, 6.07) is 8.03. The molecule has 1 aliphatic heterocycles. The minimum atomic E-state index is -1.08. The van der Waals surface area contributed by atoms with E-state index < -0.39 is 4.75 Å². The smallest absolute Gasteiger partial charge is 0.252 e. The molecular weight excluding hydrogens is 296 g/mol. The fourth-order valence-corrected chi connectivity index (χ4v) is 4.47. The van der Waals surface area contributed by atoms with Gasteiger partial charge in [-0.1, -0.05) is 36.7 Å². The van der Waals surface area contributed by atoms with Crippen LogP contribution in [-0.4, -0.2) is 29.1 Å². The lowest BCUT2D eigenvalue weighted by atomic mass is 10.1. The van der Waals surface area contributed by atoms with E-state index in [2.05, 4.69) is 5.32 Å². The Bertz CT molecular complexity index is 598. The van der Waals surface area contributed by atoms with Crippen LogP contribution in [0.3, 0.4) is 0 Å². The van der Waals surface area contributed by atoms with E-state index in [0.29, 0.717) is 6.54 Å². The van der Waals surface area contributed by atoms with E-state index in [-0.39, 0.29) is 17.9 Å². The minimum absolute atomic E-state index is 0.116. The van der Waals surface area contributed by atoms with Crippen LogP contribution in [-0.2, 0) is 9.59 Å². The van der Waals surface area contributed by atoms with Crippen LogP contribution in [0.15, 0.2) is 29.2 Å². The third-order valence-corrected chi connectivity index (χ3v) is 5.90. The van der Waals surface area contributed by atoms with Crippen LogP contribution in [0.1, 0.15) is 39.5 Å². The Labute approximate surface area is 135 Å². The van der Waals surface area contributed by atoms with Gasteiger partial charge in [-0.05, 0) is 38.8 Å². The van der Waals surface area contributed by atoms with Crippen molar-refractivity contribution in [2.45, 2.75) is 55.2 Å². The van der Waals surface area contributed by atoms with E-state index in [4.69, 9.17) is 0 Å². The van der Waals surface area contributed by atoms with E-state index in [1.54, 1.807) is 11.8 Å². The highest BCUT2D eigenvalue weighted by atomic mass is 32.2. The second-order valence-corrected chi connectivity index (χ2v) is 7.57. The monoisotopic (exact) mass is 318 g/mol. The highest BCUT2D eigenvalue weighted by Gasteiger charge is 2.49. The average molecular weight is 318 g/mol. The van der Waals surface area contributed by atoms with Gasteiger partial charge in [-0.3, -0.25) is 9.59 Å². The van der Waals surface area contributed by atoms with Crippen LogP contribution in [0.5, 0.6) is 0 Å². The van der Waals surface area contributed by atoms with E-state index in [1.165, 1.54) is 11.8 Å². The van der Waals surface area contributed by atoms with E-state index >= 15 is 0 Å². The van der Waals surface area contributed by atoms with E-state index in [0.717, 1.165) is 36.3 Å². The van der Waals surface area contributed by atoms with Gasteiger partial charge in [-0.2, -0.15) is 0 Å². The molecule has 1 aliphatic carbocycles. The predicted molar refractivity (Wildman–Crippen MR) is 89.1 cm³/mol. The number of nitrogens with zero attached hydrogens (tertiary/aromatic N) is 1. The maximum Gasteiger partial charge on any atom is 0.252 e. The Hall–Kier alpha value is -1.49. The molecule has 1 N–H and O–H groups in total. The van der Waals surface area contributed by atoms with Crippen molar-refractivity contribution in [2.24, 2.45) is 0 Å². The zero-order valence-corrected chi connectivity index (χ0v) is 13.9. The molecule has 0 aromatic heterocycles. The number of rotatable bonds is 3. The van der Waals surface area contributed by atoms with Crippen molar-refractivity contribution in [3.63, 3.8) is 0 Å². The second-order valence-electron chi connectivity index (χ2n) is 6.11. The van der Waals surface area contributed by atoms with E-state index in [1.807, 2.05) is 31.2 Å². The van der Waals surface area contributed by atoms with Gasteiger partial charge in [0.05, 0.1) is 5.69 Å². The number of fused-ring (bicyclic) bond motifs is 1. The first kappa shape index (κ1) is 15.4. The van der Waals surface area contributed by atoms with Crippen molar-refractivity contribution in [1.29, 1.82) is 0 Å². The van der Waals surface area contributed by atoms with Crippen molar-refractivity contribution < 1.29 is 9.59 Å². The fourth-order valence-electron chi connectivity index (χ4n) is 3.25. The van der Waals surface area contributed by atoms with Gasteiger partial charge < -0.3 is 10.2 Å². The third-order valence-electron chi connectivity index (χ3n) is 4.56. The van der Waals surface area contributed by atoms with Gasteiger partial charge >= 0.3 is 0 Å². The summed E-state index contributed by atoms with van der Waals surface area (Å²) in [6.07, 6.45) is 4.36. The van der Waals surface area contributed by atoms with Crippen LogP contribution < -0.4 is 10.2 Å². The lowest BCUT2D eigenvalue weighted by Gasteiger charge is -2.38. The molecule has 0 saturated heterocycles. The van der Waals surface area contributed by atoms with Gasteiger partial charge in [0.1, 0.15) is 0 Å². The van der Waals surface area contributed by atoms with Gasteiger partial charge in [0.25, 0.3) is 5.91 Å². The summed E-state index contributed by atoms with van der Waals surface area (Å²) in [5.74, 6) is -0.267. The molecule has 0 bridgehead atoms. The maximum atomic E-state index is 12.9. The first-order valence-electron chi connectivity index (χ1n) is 7.97. The Morgan fingerprint density at radius 2 is 2.05 bits per heavy atom. The number of benzene rings is 1. The highest BCUT2D eigenvalue weighted by Crippen LogP contribution is 2.45. The summed E-state index contributed by atoms with van der Waals surface area (Å²) < 4.78 is -1.08. The fraction of sp³-hybridized carbons (Fsp3) is 0.529. The van der Waals surface area contributed by atoms with Crippen molar-refractivity contribution in [3.05, 3.63) is 24.3 Å². The molecule has 0 radical (unpaired) electrons. The summed E-state index contributed by atoms with van der Waals surface area (Å²) in [6.45, 7) is 4.27. The molecule has 3 rings (SSSR count). The molecule has 1 aromatic carbocycles. The number of amides is 2. The van der Waals surface area contributed by atoms with Crippen molar-refractivity contribution in [3.8, 4) is 0 Å². The summed E-state index contributed by atoms with van der Waals surface area (Å²) in [5, 5.41) is 3.09. The summed E-state index contributed by atoms with van der Waals surface area (Å²) in [4.78, 5) is 28.4. The topological polar surface area (TPSA) is 49.4 Å². The van der Waals surface area contributed by atoms with Crippen LogP contribution >= 0.6 is 11.8 Å². The Kier molecular flexibility index (Phi) is 4.17. The Morgan fingerprint density at radius 3 is 2.73 bits per heavy atom. The number of para-hydroxylation sites is 1. The van der Waals surface area contributed by atoms with Crippen LogP contribution in [0.4, 0.5) is 5.69 Å². The van der Waals surface area contributed by atoms with Crippen molar-refractivity contribution >= 4 is 29.3 Å². The van der Waals surface area contributed by atoms with Crippen molar-refractivity contribution in [1.82, 2.24) is 5.32 Å². The summed E-state index contributed by atoms with van der Waals surface area (Å²) in [7, 11) is 0. The molecule has 0 spiro atoms. The Balaban J connectivity index is 1.89. The number of nitrogens with one attached hydrogen (secondary N) is 1. The lowest BCUT2D eigenvalue weighted by Crippen LogP contribution is -2.57. The normalized spacial score (nSPS) is 25.2. The number of hydrogen-bond donors (Lipinski definition) is 1. The molecular formula is C17H22N2O2S. The van der Waals surface area contributed by atoms with Crippen molar-refractivity contribution in [2.75, 3.05) is 11.4 Å². The molecule has 4 nitrogen and oxygen atoms in total. The molecule has 1 heterocycles. The zero-order valence-electron chi connectivity index (χ0n) is 13.1.